The van der Waals surface area contributed by atoms with Gasteiger partial charge in [0.2, 0.25) is 0 Å². The standard InChI is InChI=1S/C11H15BrN2/c12-10-7-9(5-6-14-10)11(13)8-3-1-2-4-8/h5-8,11H,1-4,13H2/t11-/m0/s1. The molecule has 2 rings (SSSR count). The van der Waals surface area contributed by atoms with Gasteiger partial charge < -0.3 is 5.73 Å². The van der Waals surface area contributed by atoms with Gasteiger partial charge in [-0.3, -0.25) is 0 Å². The minimum atomic E-state index is 0.191. The molecule has 1 aliphatic carbocycles. The minimum absolute atomic E-state index is 0.191. The smallest absolute Gasteiger partial charge is 0.106 e. The van der Waals surface area contributed by atoms with Gasteiger partial charge in [0.15, 0.2) is 0 Å². The van der Waals surface area contributed by atoms with Crippen LogP contribution in [0.2, 0.25) is 0 Å². The Balaban J connectivity index is 2.13. The molecular weight excluding hydrogens is 240 g/mol. The third-order valence-corrected chi connectivity index (χ3v) is 3.48. The van der Waals surface area contributed by atoms with Crippen molar-refractivity contribution in [3.05, 3.63) is 28.5 Å². The minimum Gasteiger partial charge on any atom is -0.324 e. The number of hydrogen-bond acceptors (Lipinski definition) is 2. The van der Waals surface area contributed by atoms with Crippen molar-refractivity contribution in [3.63, 3.8) is 0 Å². The molecule has 1 fully saturated rings. The highest BCUT2D eigenvalue weighted by Gasteiger charge is 2.23. The Bertz CT molecular complexity index is 308. The summed E-state index contributed by atoms with van der Waals surface area (Å²) in [5.74, 6) is 0.671. The first-order valence-corrected chi connectivity index (χ1v) is 5.93. The maximum absolute atomic E-state index is 6.22. The Morgan fingerprint density at radius 2 is 2.14 bits per heavy atom. The van der Waals surface area contributed by atoms with Gasteiger partial charge in [-0.2, -0.15) is 0 Å². The van der Waals surface area contributed by atoms with Gasteiger partial charge in [-0.15, -0.1) is 0 Å². The molecule has 1 aromatic rings. The van der Waals surface area contributed by atoms with Crippen LogP contribution in [0.3, 0.4) is 0 Å². The van der Waals surface area contributed by atoms with E-state index in [-0.39, 0.29) is 6.04 Å². The topological polar surface area (TPSA) is 38.9 Å². The highest BCUT2D eigenvalue weighted by Crippen LogP contribution is 2.34. The lowest BCUT2D eigenvalue weighted by Gasteiger charge is -2.18. The van der Waals surface area contributed by atoms with Gasteiger partial charge in [-0.25, -0.2) is 4.98 Å². The second-order valence-corrected chi connectivity index (χ2v) is 4.79. The normalized spacial score (nSPS) is 19.9. The van der Waals surface area contributed by atoms with E-state index in [0.29, 0.717) is 5.92 Å². The average Bonchev–Trinajstić information content (AvgIpc) is 2.69. The van der Waals surface area contributed by atoms with Crippen molar-refractivity contribution >= 4 is 15.9 Å². The molecule has 0 aliphatic heterocycles. The number of halogens is 1. The van der Waals surface area contributed by atoms with Gasteiger partial charge in [0.1, 0.15) is 4.60 Å². The molecule has 0 saturated heterocycles. The van der Waals surface area contributed by atoms with E-state index in [9.17, 15) is 0 Å². The van der Waals surface area contributed by atoms with Crippen molar-refractivity contribution in [2.24, 2.45) is 11.7 Å². The summed E-state index contributed by atoms with van der Waals surface area (Å²) in [6.07, 6.45) is 7.05. The second kappa shape index (κ2) is 4.41. The number of rotatable bonds is 2. The van der Waals surface area contributed by atoms with Gasteiger partial charge in [0, 0.05) is 12.2 Å². The van der Waals surface area contributed by atoms with Crippen LogP contribution < -0.4 is 5.73 Å². The third-order valence-electron chi connectivity index (χ3n) is 3.04. The molecule has 14 heavy (non-hydrogen) atoms. The molecule has 0 aromatic carbocycles. The summed E-state index contributed by atoms with van der Waals surface area (Å²) in [4.78, 5) is 4.11. The van der Waals surface area contributed by atoms with Gasteiger partial charge in [-0.05, 0) is 52.4 Å². The second-order valence-electron chi connectivity index (χ2n) is 3.98. The van der Waals surface area contributed by atoms with Crippen molar-refractivity contribution in [2.45, 2.75) is 31.7 Å². The zero-order valence-corrected chi connectivity index (χ0v) is 9.70. The van der Waals surface area contributed by atoms with E-state index in [1.165, 1.54) is 31.2 Å². The number of hydrogen-bond donors (Lipinski definition) is 1. The predicted octanol–water partition coefficient (Wildman–Crippen LogP) is 3.03. The first-order valence-electron chi connectivity index (χ1n) is 5.14. The van der Waals surface area contributed by atoms with Crippen LogP contribution in [-0.2, 0) is 0 Å². The maximum atomic E-state index is 6.22. The third kappa shape index (κ3) is 2.15. The van der Waals surface area contributed by atoms with Gasteiger partial charge in [-0.1, -0.05) is 12.8 Å². The molecule has 0 amide bonds. The average molecular weight is 255 g/mol. The SMILES string of the molecule is N[C@H](c1ccnc(Br)c1)C1CCCC1. The molecule has 0 spiro atoms. The molecule has 1 aromatic heterocycles. The molecule has 1 heterocycles. The lowest BCUT2D eigenvalue weighted by Crippen LogP contribution is -2.19. The Labute approximate surface area is 93.0 Å². The van der Waals surface area contributed by atoms with E-state index < -0.39 is 0 Å². The van der Waals surface area contributed by atoms with Gasteiger partial charge in [0.05, 0.1) is 0 Å². The number of nitrogens with zero attached hydrogens (tertiary/aromatic N) is 1. The largest absolute Gasteiger partial charge is 0.324 e. The summed E-state index contributed by atoms with van der Waals surface area (Å²) in [5, 5.41) is 0. The van der Waals surface area contributed by atoms with Crippen molar-refractivity contribution in [1.82, 2.24) is 4.98 Å². The van der Waals surface area contributed by atoms with Crippen molar-refractivity contribution in [1.29, 1.82) is 0 Å². The van der Waals surface area contributed by atoms with Crippen LogP contribution in [0.4, 0.5) is 0 Å². The highest BCUT2D eigenvalue weighted by molar-refractivity contribution is 9.10. The highest BCUT2D eigenvalue weighted by atomic mass is 79.9. The quantitative estimate of drug-likeness (QED) is 0.825. The molecule has 3 heteroatoms. The van der Waals surface area contributed by atoms with E-state index in [1.54, 1.807) is 0 Å². The van der Waals surface area contributed by atoms with E-state index in [2.05, 4.69) is 20.9 Å². The summed E-state index contributed by atoms with van der Waals surface area (Å²) in [6.45, 7) is 0. The fourth-order valence-electron chi connectivity index (χ4n) is 2.21. The summed E-state index contributed by atoms with van der Waals surface area (Å²) >= 11 is 3.37. The Kier molecular flexibility index (Phi) is 3.19. The van der Waals surface area contributed by atoms with Crippen LogP contribution in [0.25, 0.3) is 0 Å². The monoisotopic (exact) mass is 254 g/mol. The van der Waals surface area contributed by atoms with Crippen LogP contribution in [-0.4, -0.2) is 4.98 Å². The zero-order valence-electron chi connectivity index (χ0n) is 8.12. The number of aromatic nitrogens is 1. The lowest BCUT2D eigenvalue weighted by atomic mass is 9.93. The van der Waals surface area contributed by atoms with Gasteiger partial charge >= 0.3 is 0 Å². The first kappa shape index (κ1) is 10.1. The maximum Gasteiger partial charge on any atom is 0.106 e. The van der Waals surface area contributed by atoms with Gasteiger partial charge in [0.25, 0.3) is 0 Å². The van der Waals surface area contributed by atoms with Crippen LogP contribution in [0.15, 0.2) is 22.9 Å². The van der Waals surface area contributed by atoms with Crippen molar-refractivity contribution in [2.75, 3.05) is 0 Å². The summed E-state index contributed by atoms with van der Waals surface area (Å²) < 4.78 is 0.878. The Hall–Kier alpha value is -0.410. The van der Waals surface area contributed by atoms with Crippen LogP contribution >= 0.6 is 15.9 Å². The van der Waals surface area contributed by atoms with E-state index in [0.717, 1.165) is 4.60 Å². The summed E-state index contributed by atoms with van der Waals surface area (Å²) in [6, 6.07) is 4.24. The molecule has 2 N–H and O–H groups in total. The zero-order chi connectivity index (χ0) is 9.97. The lowest BCUT2D eigenvalue weighted by molar-refractivity contribution is 0.444. The van der Waals surface area contributed by atoms with E-state index in [1.807, 2.05) is 18.3 Å². The molecular formula is C11H15BrN2. The first-order chi connectivity index (χ1) is 6.77. The molecule has 76 valence electrons. The van der Waals surface area contributed by atoms with Crippen molar-refractivity contribution < 1.29 is 0 Å². The molecule has 1 aliphatic rings. The Morgan fingerprint density at radius 3 is 2.79 bits per heavy atom. The van der Waals surface area contributed by atoms with Crippen LogP contribution in [0, 0.1) is 5.92 Å². The van der Waals surface area contributed by atoms with Crippen LogP contribution in [0.1, 0.15) is 37.3 Å². The molecule has 1 atom stereocenters. The van der Waals surface area contributed by atoms with Crippen LogP contribution in [0.5, 0.6) is 0 Å². The fraction of sp³-hybridized carbons (Fsp3) is 0.545. The molecule has 0 radical (unpaired) electrons. The predicted molar refractivity (Wildman–Crippen MR) is 60.8 cm³/mol. The summed E-state index contributed by atoms with van der Waals surface area (Å²) in [7, 11) is 0. The molecule has 0 unspecified atom stereocenters. The Morgan fingerprint density at radius 1 is 1.43 bits per heavy atom. The van der Waals surface area contributed by atoms with E-state index >= 15 is 0 Å². The van der Waals surface area contributed by atoms with E-state index in [4.69, 9.17) is 5.73 Å². The van der Waals surface area contributed by atoms with Crippen molar-refractivity contribution in [3.8, 4) is 0 Å². The summed E-state index contributed by atoms with van der Waals surface area (Å²) in [5.41, 5.74) is 7.43. The number of pyridine rings is 1. The molecule has 2 nitrogen and oxygen atoms in total. The molecule has 1 saturated carbocycles. The molecule has 0 bridgehead atoms. The number of nitrogens with two attached hydrogens (primary N) is 1. The fourth-order valence-corrected chi connectivity index (χ4v) is 2.60.